The molecule has 102 valence electrons. The van der Waals surface area contributed by atoms with Crippen LogP contribution >= 0.6 is 0 Å². The summed E-state index contributed by atoms with van der Waals surface area (Å²) in [5, 5.41) is 4.54. The average molecular weight is 257 g/mol. The van der Waals surface area contributed by atoms with Gasteiger partial charge in [-0.15, -0.1) is 0 Å². The molecule has 0 aliphatic carbocycles. The zero-order chi connectivity index (χ0) is 13.8. The molecule has 0 saturated heterocycles. The van der Waals surface area contributed by atoms with Gasteiger partial charge in [0.1, 0.15) is 0 Å². The van der Waals surface area contributed by atoms with Crippen LogP contribution in [0, 0.1) is 13.8 Å². The number of hydrogen-bond donors (Lipinski definition) is 0. The molecular formula is C16H23N3. The lowest BCUT2D eigenvalue weighted by molar-refractivity contribution is 0.400. The van der Waals surface area contributed by atoms with Crippen molar-refractivity contribution in [2.45, 2.75) is 26.7 Å². The average Bonchev–Trinajstić information content (AvgIpc) is 2.68. The first kappa shape index (κ1) is 13.8. The Bertz CT molecular complexity index is 541. The van der Waals surface area contributed by atoms with E-state index in [0.717, 1.165) is 24.3 Å². The third-order valence-corrected chi connectivity index (χ3v) is 3.24. The van der Waals surface area contributed by atoms with Crippen molar-refractivity contribution in [2.24, 2.45) is 0 Å². The van der Waals surface area contributed by atoms with Crippen LogP contribution in [0.25, 0.3) is 5.69 Å². The Labute approximate surface area is 115 Å². The Morgan fingerprint density at radius 1 is 1.16 bits per heavy atom. The van der Waals surface area contributed by atoms with E-state index in [2.05, 4.69) is 61.3 Å². The van der Waals surface area contributed by atoms with Crippen molar-refractivity contribution >= 4 is 0 Å². The first-order chi connectivity index (χ1) is 9.06. The summed E-state index contributed by atoms with van der Waals surface area (Å²) in [5.41, 5.74) is 4.79. The molecule has 1 aromatic carbocycles. The highest BCUT2D eigenvalue weighted by molar-refractivity contribution is 5.37. The summed E-state index contributed by atoms with van der Waals surface area (Å²) in [7, 11) is 4.23. The van der Waals surface area contributed by atoms with E-state index in [1.165, 1.54) is 17.7 Å². The van der Waals surface area contributed by atoms with Crippen molar-refractivity contribution < 1.29 is 0 Å². The molecule has 0 bridgehead atoms. The maximum atomic E-state index is 4.54. The van der Waals surface area contributed by atoms with Crippen LogP contribution in [0.1, 0.15) is 23.4 Å². The molecule has 0 N–H and O–H groups in total. The number of aryl methyl sites for hydroxylation is 3. The summed E-state index contributed by atoms with van der Waals surface area (Å²) < 4.78 is 2.02. The molecule has 0 spiro atoms. The zero-order valence-corrected chi connectivity index (χ0v) is 12.3. The van der Waals surface area contributed by atoms with Gasteiger partial charge < -0.3 is 4.90 Å². The lowest BCUT2D eigenvalue weighted by atomic mass is 10.1. The van der Waals surface area contributed by atoms with Crippen molar-refractivity contribution in [3.05, 3.63) is 47.3 Å². The van der Waals surface area contributed by atoms with E-state index in [0.29, 0.717) is 0 Å². The molecule has 0 fully saturated rings. The summed E-state index contributed by atoms with van der Waals surface area (Å²) in [6.45, 7) is 5.26. The first-order valence-corrected chi connectivity index (χ1v) is 6.83. The van der Waals surface area contributed by atoms with Gasteiger partial charge in [0.25, 0.3) is 0 Å². The van der Waals surface area contributed by atoms with Crippen LogP contribution in [0.15, 0.2) is 30.3 Å². The van der Waals surface area contributed by atoms with Crippen molar-refractivity contribution in [1.29, 1.82) is 0 Å². The Morgan fingerprint density at radius 3 is 2.58 bits per heavy atom. The fourth-order valence-corrected chi connectivity index (χ4v) is 2.33. The topological polar surface area (TPSA) is 21.1 Å². The molecule has 2 rings (SSSR count). The molecule has 1 heterocycles. The summed E-state index contributed by atoms with van der Waals surface area (Å²) in [4.78, 5) is 2.23. The lowest BCUT2D eigenvalue weighted by Gasteiger charge is -2.10. The van der Waals surface area contributed by atoms with E-state index in [9.17, 15) is 0 Å². The third-order valence-electron chi connectivity index (χ3n) is 3.24. The summed E-state index contributed by atoms with van der Waals surface area (Å²) in [6, 6.07) is 10.8. The van der Waals surface area contributed by atoms with Gasteiger partial charge in [-0.3, -0.25) is 0 Å². The second-order valence-electron chi connectivity index (χ2n) is 5.42. The molecule has 0 amide bonds. The van der Waals surface area contributed by atoms with Gasteiger partial charge in [-0.25, -0.2) is 4.68 Å². The fraction of sp³-hybridized carbons (Fsp3) is 0.438. The van der Waals surface area contributed by atoms with Crippen molar-refractivity contribution in [3.8, 4) is 5.69 Å². The largest absolute Gasteiger partial charge is 0.309 e. The SMILES string of the molecule is Cc1cc(C)n(-c2cccc(CCCN(C)C)c2)n1. The Morgan fingerprint density at radius 2 is 1.95 bits per heavy atom. The Hall–Kier alpha value is -1.61. The normalized spacial score (nSPS) is 11.2. The second-order valence-corrected chi connectivity index (χ2v) is 5.42. The molecule has 3 nitrogen and oxygen atoms in total. The van der Waals surface area contributed by atoms with E-state index in [1.807, 2.05) is 11.6 Å². The van der Waals surface area contributed by atoms with Crippen LogP contribution in [0.2, 0.25) is 0 Å². The maximum Gasteiger partial charge on any atom is 0.0651 e. The fourth-order valence-electron chi connectivity index (χ4n) is 2.33. The molecule has 0 aliphatic rings. The molecular weight excluding hydrogens is 234 g/mol. The van der Waals surface area contributed by atoms with Gasteiger partial charge in [-0.1, -0.05) is 12.1 Å². The molecule has 3 heteroatoms. The van der Waals surface area contributed by atoms with Crippen LogP contribution < -0.4 is 0 Å². The smallest absolute Gasteiger partial charge is 0.0651 e. The van der Waals surface area contributed by atoms with Gasteiger partial charge in [-0.2, -0.15) is 5.10 Å². The minimum absolute atomic E-state index is 1.07. The highest BCUT2D eigenvalue weighted by Gasteiger charge is 2.04. The minimum atomic E-state index is 1.07. The van der Waals surface area contributed by atoms with Gasteiger partial charge in [0.05, 0.1) is 11.4 Å². The highest BCUT2D eigenvalue weighted by atomic mass is 15.3. The molecule has 0 unspecified atom stereocenters. The van der Waals surface area contributed by atoms with Crippen LogP contribution in [-0.4, -0.2) is 35.3 Å². The number of nitrogens with zero attached hydrogens (tertiary/aromatic N) is 3. The maximum absolute atomic E-state index is 4.54. The van der Waals surface area contributed by atoms with E-state index >= 15 is 0 Å². The molecule has 19 heavy (non-hydrogen) atoms. The van der Waals surface area contributed by atoms with E-state index in [4.69, 9.17) is 0 Å². The lowest BCUT2D eigenvalue weighted by Crippen LogP contribution is -2.13. The molecule has 1 aromatic heterocycles. The number of rotatable bonds is 5. The summed E-state index contributed by atoms with van der Waals surface area (Å²) in [6.07, 6.45) is 2.30. The standard InChI is InChI=1S/C16H23N3/c1-13-11-14(2)19(17-13)16-9-5-7-15(12-16)8-6-10-18(3)4/h5,7,9,11-12H,6,8,10H2,1-4H3. The van der Waals surface area contributed by atoms with Gasteiger partial charge in [0, 0.05) is 5.69 Å². The van der Waals surface area contributed by atoms with Gasteiger partial charge >= 0.3 is 0 Å². The molecule has 0 aliphatic heterocycles. The third kappa shape index (κ3) is 3.67. The Balaban J connectivity index is 2.13. The van der Waals surface area contributed by atoms with E-state index in [-0.39, 0.29) is 0 Å². The predicted octanol–water partition coefficient (Wildman–Crippen LogP) is 2.98. The monoisotopic (exact) mass is 257 g/mol. The molecule has 0 atom stereocenters. The second kappa shape index (κ2) is 6.02. The van der Waals surface area contributed by atoms with Crippen molar-refractivity contribution in [1.82, 2.24) is 14.7 Å². The minimum Gasteiger partial charge on any atom is -0.309 e. The van der Waals surface area contributed by atoms with Crippen molar-refractivity contribution in [2.75, 3.05) is 20.6 Å². The quantitative estimate of drug-likeness (QED) is 0.821. The molecule has 0 radical (unpaired) electrons. The summed E-state index contributed by atoms with van der Waals surface area (Å²) in [5.74, 6) is 0. The summed E-state index contributed by atoms with van der Waals surface area (Å²) >= 11 is 0. The van der Waals surface area contributed by atoms with Crippen LogP contribution in [0.5, 0.6) is 0 Å². The Kier molecular flexibility index (Phi) is 4.38. The highest BCUT2D eigenvalue weighted by Crippen LogP contribution is 2.14. The molecule has 2 aromatic rings. The molecule has 0 saturated carbocycles. The van der Waals surface area contributed by atoms with Crippen LogP contribution in [0.4, 0.5) is 0 Å². The predicted molar refractivity (Wildman–Crippen MR) is 79.9 cm³/mol. The van der Waals surface area contributed by atoms with Gasteiger partial charge in [0.15, 0.2) is 0 Å². The number of aromatic nitrogens is 2. The van der Waals surface area contributed by atoms with Crippen LogP contribution in [-0.2, 0) is 6.42 Å². The van der Waals surface area contributed by atoms with Crippen LogP contribution in [0.3, 0.4) is 0 Å². The van der Waals surface area contributed by atoms with E-state index < -0.39 is 0 Å². The number of hydrogen-bond acceptors (Lipinski definition) is 2. The zero-order valence-electron chi connectivity index (χ0n) is 12.3. The first-order valence-electron chi connectivity index (χ1n) is 6.83. The van der Waals surface area contributed by atoms with Gasteiger partial charge in [-0.05, 0) is 71.1 Å². The number of benzene rings is 1. The van der Waals surface area contributed by atoms with E-state index in [1.54, 1.807) is 0 Å². The van der Waals surface area contributed by atoms with Gasteiger partial charge in [0.2, 0.25) is 0 Å². The van der Waals surface area contributed by atoms with Crippen molar-refractivity contribution in [3.63, 3.8) is 0 Å².